The molecular formula is C13H27NO3. The molecule has 0 aliphatic carbocycles. The average Bonchev–Trinajstić information content (AvgIpc) is 2.14. The number of aliphatic hydroxyl groups is 1. The summed E-state index contributed by atoms with van der Waals surface area (Å²) in [4.78, 5) is 13.3. The minimum atomic E-state index is -0.663. The maximum Gasteiger partial charge on any atom is 0.308 e. The van der Waals surface area contributed by atoms with Crippen molar-refractivity contribution >= 4 is 5.97 Å². The molecule has 4 nitrogen and oxygen atoms in total. The van der Waals surface area contributed by atoms with Crippen LogP contribution in [0.5, 0.6) is 0 Å². The Morgan fingerprint density at radius 3 is 2.35 bits per heavy atom. The lowest BCUT2D eigenvalue weighted by atomic mass is 9.87. The van der Waals surface area contributed by atoms with Crippen molar-refractivity contribution in [1.82, 2.24) is 4.90 Å². The Morgan fingerprint density at radius 2 is 1.94 bits per heavy atom. The number of hydrogen-bond donors (Lipinski definition) is 1. The summed E-state index contributed by atoms with van der Waals surface area (Å²) in [7, 11) is 1.96. The highest BCUT2D eigenvalue weighted by atomic mass is 16.5. The highest BCUT2D eigenvalue weighted by molar-refractivity contribution is 5.69. The molecule has 0 saturated heterocycles. The SMILES string of the molecule is CCOC(=O)CC(O)CN(C)C(C)C(C)(C)C. The van der Waals surface area contributed by atoms with Gasteiger partial charge >= 0.3 is 5.97 Å². The average molecular weight is 245 g/mol. The maximum absolute atomic E-state index is 11.2. The fourth-order valence-corrected chi connectivity index (χ4v) is 1.63. The lowest BCUT2D eigenvalue weighted by Crippen LogP contribution is -2.43. The van der Waals surface area contributed by atoms with Crippen LogP contribution in [0.15, 0.2) is 0 Å². The quantitative estimate of drug-likeness (QED) is 0.723. The van der Waals surface area contributed by atoms with Crippen molar-refractivity contribution in [2.75, 3.05) is 20.2 Å². The number of nitrogens with zero attached hydrogens (tertiary/aromatic N) is 1. The van der Waals surface area contributed by atoms with Crippen LogP contribution in [0, 0.1) is 5.41 Å². The topological polar surface area (TPSA) is 49.8 Å². The van der Waals surface area contributed by atoms with Crippen LogP contribution in [0.2, 0.25) is 0 Å². The summed E-state index contributed by atoms with van der Waals surface area (Å²) in [5, 5.41) is 9.79. The van der Waals surface area contributed by atoms with Crippen molar-refractivity contribution < 1.29 is 14.6 Å². The zero-order valence-corrected chi connectivity index (χ0v) is 12.0. The number of ether oxygens (including phenoxy) is 1. The number of aliphatic hydroxyl groups excluding tert-OH is 1. The van der Waals surface area contributed by atoms with Crippen LogP contribution in [-0.2, 0) is 9.53 Å². The first-order chi connectivity index (χ1) is 7.68. The number of carbonyl (C=O) groups excluding carboxylic acids is 1. The first kappa shape index (κ1) is 16.4. The van der Waals surface area contributed by atoms with E-state index in [1.807, 2.05) is 7.05 Å². The first-order valence-corrected chi connectivity index (χ1v) is 6.22. The second-order valence-corrected chi connectivity index (χ2v) is 5.64. The van der Waals surface area contributed by atoms with Gasteiger partial charge in [-0.05, 0) is 26.3 Å². The van der Waals surface area contributed by atoms with Crippen LogP contribution in [0.3, 0.4) is 0 Å². The summed E-state index contributed by atoms with van der Waals surface area (Å²) < 4.78 is 4.80. The molecule has 0 amide bonds. The molecule has 17 heavy (non-hydrogen) atoms. The van der Waals surface area contributed by atoms with Crippen LogP contribution in [0.25, 0.3) is 0 Å². The van der Waals surface area contributed by atoms with E-state index >= 15 is 0 Å². The highest BCUT2D eigenvalue weighted by Gasteiger charge is 2.25. The smallest absolute Gasteiger partial charge is 0.308 e. The zero-order chi connectivity index (χ0) is 13.6. The number of rotatable bonds is 6. The van der Waals surface area contributed by atoms with Crippen molar-refractivity contribution in [3.05, 3.63) is 0 Å². The van der Waals surface area contributed by atoms with Crippen molar-refractivity contribution in [3.63, 3.8) is 0 Å². The van der Waals surface area contributed by atoms with Crippen LogP contribution in [-0.4, -0.2) is 48.3 Å². The standard InChI is InChI=1S/C13H27NO3/c1-7-17-12(16)8-11(15)9-14(6)10(2)13(3,4)5/h10-11,15H,7-9H2,1-6H3. The molecule has 2 unspecified atom stereocenters. The summed E-state index contributed by atoms with van der Waals surface area (Å²) >= 11 is 0. The molecule has 0 fully saturated rings. The Bertz CT molecular complexity index is 235. The van der Waals surface area contributed by atoms with E-state index in [2.05, 4.69) is 32.6 Å². The first-order valence-electron chi connectivity index (χ1n) is 6.22. The van der Waals surface area contributed by atoms with Gasteiger partial charge in [0.15, 0.2) is 0 Å². The predicted molar refractivity (Wildman–Crippen MR) is 68.8 cm³/mol. The largest absolute Gasteiger partial charge is 0.466 e. The monoisotopic (exact) mass is 245 g/mol. The molecular weight excluding hydrogens is 218 g/mol. The van der Waals surface area contributed by atoms with Gasteiger partial charge in [0.2, 0.25) is 0 Å². The molecule has 1 N–H and O–H groups in total. The van der Waals surface area contributed by atoms with Crippen molar-refractivity contribution in [1.29, 1.82) is 0 Å². The fourth-order valence-electron chi connectivity index (χ4n) is 1.63. The molecule has 0 aliphatic rings. The molecule has 0 heterocycles. The molecule has 0 rings (SSSR count). The van der Waals surface area contributed by atoms with E-state index in [1.54, 1.807) is 6.92 Å². The predicted octanol–water partition coefficient (Wildman–Crippen LogP) is 1.67. The van der Waals surface area contributed by atoms with Gasteiger partial charge in [0.05, 0.1) is 19.1 Å². The van der Waals surface area contributed by atoms with Gasteiger partial charge in [-0.2, -0.15) is 0 Å². The fraction of sp³-hybridized carbons (Fsp3) is 0.923. The van der Waals surface area contributed by atoms with Gasteiger partial charge in [-0.1, -0.05) is 20.8 Å². The summed E-state index contributed by atoms with van der Waals surface area (Å²) in [6.07, 6.45) is -0.599. The molecule has 4 heteroatoms. The Balaban J connectivity index is 4.12. The molecule has 0 aromatic rings. The van der Waals surface area contributed by atoms with Gasteiger partial charge in [0.25, 0.3) is 0 Å². The molecule has 0 aromatic carbocycles. The van der Waals surface area contributed by atoms with Crippen LogP contribution >= 0.6 is 0 Å². The molecule has 0 aliphatic heterocycles. The maximum atomic E-state index is 11.2. The second kappa shape index (κ2) is 6.97. The molecule has 102 valence electrons. The third-order valence-electron chi connectivity index (χ3n) is 3.12. The van der Waals surface area contributed by atoms with Crippen molar-refractivity contribution in [3.8, 4) is 0 Å². The van der Waals surface area contributed by atoms with Crippen molar-refractivity contribution in [2.24, 2.45) is 5.41 Å². The van der Waals surface area contributed by atoms with Crippen LogP contribution in [0.1, 0.15) is 41.0 Å². The lowest BCUT2D eigenvalue weighted by molar-refractivity contribution is -0.145. The summed E-state index contributed by atoms with van der Waals surface area (Å²) in [6, 6.07) is 0.333. The van der Waals surface area contributed by atoms with E-state index < -0.39 is 6.10 Å². The van der Waals surface area contributed by atoms with Gasteiger partial charge in [0.1, 0.15) is 0 Å². The lowest BCUT2D eigenvalue weighted by Gasteiger charge is -2.36. The van der Waals surface area contributed by atoms with Gasteiger partial charge in [-0.3, -0.25) is 4.79 Å². The Kier molecular flexibility index (Phi) is 6.72. The van der Waals surface area contributed by atoms with Crippen molar-refractivity contribution in [2.45, 2.75) is 53.2 Å². The number of esters is 1. The summed E-state index contributed by atoms with van der Waals surface area (Å²) in [5.74, 6) is -0.336. The molecule has 0 spiro atoms. The van der Waals surface area contributed by atoms with E-state index in [-0.39, 0.29) is 17.8 Å². The van der Waals surface area contributed by atoms with E-state index in [4.69, 9.17) is 4.74 Å². The third-order valence-corrected chi connectivity index (χ3v) is 3.12. The van der Waals surface area contributed by atoms with E-state index in [1.165, 1.54) is 0 Å². The Labute approximate surface area is 105 Å². The molecule has 0 saturated carbocycles. The van der Waals surface area contributed by atoms with E-state index in [9.17, 15) is 9.90 Å². The second-order valence-electron chi connectivity index (χ2n) is 5.64. The zero-order valence-electron chi connectivity index (χ0n) is 12.0. The number of hydrogen-bond acceptors (Lipinski definition) is 4. The van der Waals surface area contributed by atoms with Gasteiger partial charge in [0, 0.05) is 12.6 Å². The summed E-state index contributed by atoms with van der Waals surface area (Å²) in [5.41, 5.74) is 0.151. The molecule has 0 aromatic heterocycles. The van der Waals surface area contributed by atoms with Crippen LogP contribution < -0.4 is 0 Å². The van der Waals surface area contributed by atoms with Gasteiger partial charge < -0.3 is 14.7 Å². The Morgan fingerprint density at radius 1 is 1.41 bits per heavy atom. The Hall–Kier alpha value is -0.610. The molecule has 0 bridgehead atoms. The minimum absolute atomic E-state index is 0.0645. The summed E-state index contributed by atoms with van der Waals surface area (Å²) in [6.45, 7) is 11.2. The molecule has 0 radical (unpaired) electrons. The van der Waals surface area contributed by atoms with E-state index in [0.29, 0.717) is 19.2 Å². The third kappa shape index (κ3) is 6.64. The highest BCUT2D eigenvalue weighted by Crippen LogP contribution is 2.23. The number of carbonyl (C=O) groups is 1. The minimum Gasteiger partial charge on any atom is -0.466 e. The van der Waals surface area contributed by atoms with Gasteiger partial charge in [-0.15, -0.1) is 0 Å². The molecule has 2 atom stereocenters. The number of likely N-dealkylation sites (N-methyl/N-ethyl adjacent to an activating group) is 1. The normalized spacial score (nSPS) is 15.8. The van der Waals surface area contributed by atoms with E-state index in [0.717, 1.165) is 0 Å². The van der Waals surface area contributed by atoms with Crippen LogP contribution in [0.4, 0.5) is 0 Å². The van der Waals surface area contributed by atoms with Gasteiger partial charge in [-0.25, -0.2) is 0 Å².